The first-order valence-corrected chi connectivity index (χ1v) is 11.5. The van der Waals surface area contributed by atoms with Gasteiger partial charge in [-0.15, -0.1) is 0 Å². The molecule has 172 valence electrons. The Labute approximate surface area is 202 Å². The molecule has 8 heteroatoms. The molecule has 0 spiro atoms. The number of benzene rings is 2. The molecule has 0 saturated carbocycles. The Morgan fingerprint density at radius 3 is 2.62 bits per heavy atom. The van der Waals surface area contributed by atoms with Crippen LogP contribution in [0.5, 0.6) is 0 Å². The lowest BCUT2D eigenvalue weighted by Gasteiger charge is -2.34. The molecule has 3 amide bonds. The van der Waals surface area contributed by atoms with Crippen LogP contribution in [-0.4, -0.2) is 36.3 Å². The zero-order valence-electron chi connectivity index (χ0n) is 18.6. The highest BCUT2D eigenvalue weighted by Crippen LogP contribution is 2.37. The van der Waals surface area contributed by atoms with E-state index in [9.17, 15) is 14.4 Å². The number of rotatable bonds is 4. The zero-order chi connectivity index (χ0) is 23.8. The molecule has 1 N–H and O–H groups in total. The summed E-state index contributed by atoms with van der Waals surface area (Å²) in [5.41, 5.74) is 4.23. The molecule has 0 bridgehead atoms. The summed E-state index contributed by atoms with van der Waals surface area (Å²) < 4.78 is 0. The Bertz CT molecular complexity index is 1290. The van der Waals surface area contributed by atoms with Gasteiger partial charge in [-0.1, -0.05) is 54.1 Å². The average Bonchev–Trinajstić information content (AvgIpc) is 2.83. The molecule has 0 radical (unpaired) electrons. The van der Waals surface area contributed by atoms with E-state index in [0.29, 0.717) is 24.4 Å². The highest BCUT2D eigenvalue weighted by molar-refractivity contribution is 6.34. The van der Waals surface area contributed by atoms with E-state index in [4.69, 9.17) is 11.6 Å². The molecule has 3 aromatic rings. The van der Waals surface area contributed by atoms with Crippen molar-refractivity contribution in [2.45, 2.75) is 25.3 Å². The number of aromatic nitrogens is 1. The van der Waals surface area contributed by atoms with Crippen molar-refractivity contribution in [2.24, 2.45) is 0 Å². The van der Waals surface area contributed by atoms with Gasteiger partial charge < -0.3 is 9.80 Å². The molecule has 1 atom stereocenters. The van der Waals surface area contributed by atoms with Crippen molar-refractivity contribution >= 4 is 40.8 Å². The summed E-state index contributed by atoms with van der Waals surface area (Å²) in [6.45, 7) is 0.723. The summed E-state index contributed by atoms with van der Waals surface area (Å²) in [7, 11) is 1.86. The molecule has 2 aliphatic rings. The molecule has 1 aromatic heterocycles. The number of amides is 3. The number of hydrogen-bond acceptors (Lipinski definition) is 5. The standard InChI is InChI=1S/C26H23ClN4O3/c1-30-15-23(33)31(21-6-3-13-28-25(21)30)14-16-7-9-17(10-8-16)18-4-2-5-19(24(18)27)20-11-12-22(32)29-26(20)34/h2-10,13,20H,11-12,14-15H2,1H3,(H,29,32,34). The minimum atomic E-state index is -0.443. The lowest BCUT2D eigenvalue weighted by atomic mass is 9.88. The third-order valence-electron chi connectivity index (χ3n) is 6.34. The van der Waals surface area contributed by atoms with Crippen LogP contribution in [0, 0.1) is 0 Å². The molecule has 1 saturated heterocycles. The third-order valence-corrected chi connectivity index (χ3v) is 6.76. The van der Waals surface area contributed by atoms with Crippen LogP contribution in [0.15, 0.2) is 60.8 Å². The van der Waals surface area contributed by atoms with Crippen LogP contribution in [0.25, 0.3) is 11.1 Å². The molecule has 5 rings (SSSR count). The van der Waals surface area contributed by atoms with Crippen molar-refractivity contribution in [3.05, 3.63) is 76.9 Å². The number of fused-ring (bicyclic) bond motifs is 1. The minimum absolute atomic E-state index is 0.0204. The van der Waals surface area contributed by atoms with E-state index >= 15 is 0 Å². The first kappa shape index (κ1) is 22.1. The van der Waals surface area contributed by atoms with Gasteiger partial charge in [-0.25, -0.2) is 4.98 Å². The fourth-order valence-corrected chi connectivity index (χ4v) is 4.94. The molecule has 3 heterocycles. The summed E-state index contributed by atoms with van der Waals surface area (Å²) in [5.74, 6) is -0.192. The number of carbonyl (C=O) groups is 3. The number of carbonyl (C=O) groups excluding carboxylic acids is 3. The Morgan fingerprint density at radius 2 is 1.85 bits per heavy atom. The average molecular weight is 475 g/mol. The smallest absolute Gasteiger partial charge is 0.246 e. The number of halogens is 1. The molecule has 1 unspecified atom stereocenters. The van der Waals surface area contributed by atoms with E-state index in [1.165, 1.54) is 0 Å². The van der Waals surface area contributed by atoms with Gasteiger partial charge in [-0.3, -0.25) is 19.7 Å². The van der Waals surface area contributed by atoms with Gasteiger partial charge in [0.05, 0.1) is 29.7 Å². The molecule has 2 aromatic carbocycles. The fourth-order valence-electron chi connectivity index (χ4n) is 4.57. The lowest BCUT2D eigenvalue weighted by Crippen LogP contribution is -2.44. The first-order chi connectivity index (χ1) is 16.4. The molecule has 34 heavy (non-hydrogen) atoms. The number of hydrogen-bond donors (Lipinski definition) is 1. The van der Waals surface area contributed by atoms with Crippen molar-refractivity contribution < 1.29 is 14.4 Å². The van der Waals surface area contributed by atoms with Gasteiger partial charge in [-0.2, -0.15) is 0 Å². The molecular formula is C26H23ClN4O3. The molecular weight excluding hydrogens is 452 g/mol. The van der Waals surface area contributed by atoms with E-state index < -0.39 is 5.92 Å². The number of pyridine rings is 1. The largest absolute Gasteiger partial charge is 0.349 e. The highest BCUT2D eigenvalue weighted by Gasteiger charge is 2.30. The quantitative estimate of drug-likeness (QED) is 0.580. The molecule has 7 nitrogen and oxygen atoms in total. The second kappa shape index (κ2) is 8.91. The monoisotopic (exact) mass is 474 g/mol. The number of anilines is 2. The van der Waals surface area contributed by atoms with Gasteiger partial charge in [0.1, 0.15) is 0 Å². The summed E-state index contributed by atoms with van der Waals surface area (Å²) in [6, 6.07) is 17.3. The molecule has 0 aliphatic carbocycles. The topological polar surface area (TPSA) is 82.6 Å². The Hall–Kier alpha value is -3.71. The van der Waals surface area contributed by atoms with Crippen LogP contribution in [0.2, 0.25) is 5.02 Å². The molecule has 2 aliphatic heterocycles. The normalized spacial score (nSPS) is 18.1. The summed E-state index contributed by atoms with van der Waals surface area (Å²) in [6.07, 6.45) is 2.47. The van der Waals surface area contributed by atoms with Gasteiger partial charge in [0.25, 0.3) is 0 Å². The van der Waals surface area contributed by atoms with Crippen molar-refractivity contribution in [2.75, 3.05) is 23.4 Å². The first-order valence-electron chi connectivity index (χ1n) is 11.1. The fraction of sp³-hybridized carbons (Fsp3) is 0.231. The van der Waals surface area contributed by atoms with E-state index in [1.807, 2.05) is 66.5 Å². The lowest BCUT2D eigenvalue weighted by molar-refractivity contribution is -0.134. The van der Waals surface area contributed by atoms with Crippen LogP contribution >= 0.6 is 11.6 Å². The van der Waals surface area contributed by atoms with Crippen molar-refractivity contribution in [3.63, 3.8) is 0 Å². The van der Waals surface area contributed by atoms with E-state index in [-0.39, 0.29) is 24.3 Å². The molecule has 1 fully saturated rings. The van der Waals surface area contributed by atoms with Gasteiger partial charge in [0.2, 0.25) is 17.7 Å². The number of piperidine rings is 1. The van der Waals surface area contributed by atoms with Crippen LogP contribution in [0.3, 0.4) is 0 Å². The zero-order valence-corrected chi connectivity index (χ0v) is 19.4. The maximum atomic E-state index is 12.7. The van der Waals surface area contributed by atoms with Gasteiger partial charge >= 0.3 is 0 Å². The van der Waals surface area contributed by atoms with Crippen LogP contribution in [0.4, 0.5) is 11.5 Å². The number of nitrogens with one attached hydrogen (secondary N) is 1. The maximum Gasteiger partial charge on any atom is 0.246 e. The van der Waals surface area contributed by atoms with Crippen LogP contribution < -0.4 is 15.1 Å². The van der Waals surface area contributed by atoms with Crippen LogP contribution in [-0.2, 0) is 20.9 Å². The Kier molecular flexibility index (Phi) is 5.79. The summed E-state index contributed by atoms with van der Waals surface area (Å²) >= 11 is 6.73. The van der Waals surface area contributed by atoms with Crippen molar-refractivity contribution in [1.82, 2.24) is 10.3 Å². The number of likely N-dealkylation sites (N-methyl/N-ethyl adjacent to an activating group) is 1. The van der Waals surface area contributed by atoms with Gasteiger partial charge in [-0.05, 0) is 35.2 Å². The maximum absolute atomic E-state index is 12.7. The predicted octanol–water partition coefficient (Wildman–Crippen LogP) is 3.91. The third kappa shape index (κ3) is 4.03. The van der Waals surface area contributed by atoms with Gasteiger partial charge in [0, 0.05) is 25.2 Å². The number of imide groups is 1. The van der Waals surface area contributed by atoms with Crippen molar-refractivity contribution in [3.8, 4) is 11.1 Å². The van der Waals surface area contributed by atoms with E-state index in [2.05, 4.69) is 10.3 Å². The van der Waals surface area contributed by atoms with E-state index in [0.717, 1.165) is 33.8 Å². The second-order valence-electron chi connectivity index (χ2n) is 8.59. The SMILES string of the molecule is CN1CC(=O)N(Cc2ccc(-c3cccc(C4CCC(=O)NC4=O)c3Cl)cc2)c2cccnc21. The Balaban J connectivity index is 1.39. The summed E-state index contributed by atoms with van der Waals surface area (Å²) in [5, 5.41) is 2.91. The Morgan fingerprint density at radius 1 is 1.06 bits per heavy atom. The minimum Gasteiger partial charge on any atom is -0.349 e. The number of nitrogens with zero attached hydrogens (tertiary/aromatic N) is 3. The van der Waals surface area contributed by atoms with Gasteiger partial charge in [0.15, 0.2) is 5.82 Å². The predicted molar refractivity (Wildman–Crippen MR) is 131 cm³/mol. The van der Waals surface area contributed by atoms with Crippen molar-refractivity contribution in [1.29, 1.82) is 0 Å². The highest BCUT2D eigenvalue weighted by atomic mass is 35.5. The summed E-state index contributed by atoms with van der Waals surface area (Å²) in [4.78, 5) is 44.6. The second-order valence-corrected chi connectivity index (χ2v) is 8.97. The van der Waals surface area contributed by atoms with Crippen LogP contribution in [0.1, 0.15) is 29.9 Å². The van der Waals surface area contributed by atoms with E-state index in [1.54, 1.807) is 11.1 Å².